The van der Waals surface area contributed by atoms with Crippen molar-refractivity contribution in [1.82, 2.24) is 0 Å². The van der Waals surface area contributed by atoms with E-state index < -0.39 is 0 Å². The summed E-state index contributed by atoms with van der Waals surface area (Å²) in [6.45, 7) is 0. The maximum atomic E-state index is 2.43. The van der Waals surface area contributed by atoms with Crippen molar-refractivity contribution < 1.29 is 0 Å². The molecule has 0 saturated heterocycles. The second-order valence-corrected chi connectivity index (χ2v) is 5.26. The van der Waals surface area contributed by atoms with Gasteiger partial charge in [-0.05, 0) is 49.9 Å². The summed E-state index contributed by atoms with van der Waals surface area (Å²) >= 11 is 0. The molecule has 0 N–H and O–H groups in total. The summed E-state index contributed by atoms with van der Waals surface area (Å²) in [6.07, 6.45) is 17.4. The van der Waals surface area contributed by atoms with E-state index in [1.807, 2.05) is 5.57 Å². The van der Waals surface area contributed by atoms with Crippen LogP contribution in [0.3, 0.4) is 0 Å². The average molecular weight is 188 g/mol. The summed E-state index contributed by atoms with van der Waals surface area (Å²) in [6, 6.07) is 0. The van der Waals surface area contributed by atoms with Crippen LogP contribution in [-0.2, 0) is 0 Å². The Bertz CT molecular complexity index is 266. The van der Waals surface area contributed by atoms with E-state index in [9.17, 15) is 0 Å². The van der Waals surface area contributed by atoms with Gasteiger partial charge in [0.15, 0.2) is 0 Å². The molecule has 2 fully saturated rings. The van der Waals surface area contributed by atoms with Crippen LogP contribution in [0.5, 0.6) is 0 Å². The van der Waals surface area contributed by atoms with Crippen LogP contribution >= 0.6 is 0 Å². The van der Waals surface area contributed by atoms with E-state index in [0.29, 0.717) is 0 Å². The molecule has 0 radical (unpaired) electrons. The van der Waals surface area contributed by atoms with E-state index in [1.165, 1.54) is 44.9 Å². The molecule has 0 aliphatic heterocycles. The zero-order valence-electron chi connectivity index (χ0n) is 8.91. The molecule has 0 aromatic heterocycles. The molecule has 0 aromatic rings. The lowest BCUT2D eigenvalue weighted by Gasteiger charge is -2.23. The fourth-order valence-corrected chi connectivity index (χ4v) is 3.82. The van der Waals surface area contributed by atoms with Crippen LogP contribution in [0.2, 0.25) is 0 Å². The normalized spacial score (nSPS) is 37.3. The van der Waals surface area contributed by atoms with Gasteiger partial charge in [-0.2, -0.15) is 0 Å². The van der Waals surface area contributed by atoms with Gasteiger partial charge in [0, 0.05) is 0 Å². The van der Waals surface area contributed by atoms with Crippen LogP contribution in [0.25, 0.3) is 0 Å². The van der Waals surface area contributed by atoms with Crippen LogP contribution < -0.4 is 0 Å². The Kier molecular flexibility index (Phi) is 2.23. The molecule has 0 bridgehead atoms. The first-order valence-electron chi connectivity index (χ1n) is 6.32. The van der Waals surface area contributed by atoms with Crippen molar-refractivity contribution in [3.63, 3.8) is 0 Å². The molecule has 3 rings (SSSR count). The fourth-order valence-electron chi connectivity index (χ4n) is 3.82. The number of hydrogen-bond donors (Lipinski definition) is 0. The van der Waals surface area contributed by atoms with Gasteiger partial charge in [-0.1, -0.05) is 36.6 Å². The van der Waals surface area contributed by atoms with Crippen molar-refractivity contribution in [1.29, 1.82) is 0 Å². The average Bonchev–Trinajstić information content (AvgIpc) is 2.85. The Hall–Kier alpha value is -0.520. The molecular weight excluding hydrogens is 168 g/mol. The van der Waals surface area contributed by atoms with Gasteiger partial charge >= 0.3 is 0 Å². The lowest BCUT2D eigenvalue weighted by molar-refractivity contribution is 0.394. The van der Waals surface area contributed by atoms with Crippen LogP contribution in [0, 0.1) is 17.8 Å². The van der Waals surface area contributed by atoms with E-state index >= 15 is 0 Å². The summed E-state index contributed by atoms with van der Waals surface area (Å²) < 4.78 is 0. The SMILES string of the molecule is C1=CCC2CCC(C3CCCC3)C2=C1. The molecule has 0 heteroatoms. The summed E-state index contributed by atoms with van der Waals surface area (Å²) in [5.41, 5.74) is 1.82. The predicted octanol–water partition coefficient (Wildman–Crippen LogP) is 4.09. The standard InChI is InChI=1S/C14H20/c1-2-6-11(5-1)14-10-9-12-7-3-4-8-13(12)14/h3-4,8,11-12,14H,1-2,5-7,9-10H2. The second kappa shape index (κ2) is 3.56. The van der Waals surface area contributed by atoms with Gasteiger partial charge in [-0.15, -0.1) is 0 Å². The van der Waals surface area contributed by atoms with Gasteiger partial charge in [0.2, 0.25) is 0 Å². The minimum atomic E-state index is 0.936. The number of fused-ring (bicyclic) bond motifs is 1. The van der Waals surface area contributed by atoms with Crippen molar-refractivity contribution in [2.75, 3.05) is 0 Å². The van der Waals surface area contributed by atoms with Crippen molar-refractivity contribution >= 4 is 0 Å². The minimum Gasteiger partial charge on any atom is -0.0839 e. The first-order chi connectivity index (χ1) is 6.95. The molecule has 0 aromatic carbocycles. The van der Waals surface area contributed by atoms with Crippen molar-refractivity contribution in [3.8, 4) is 0 Å². The predicted molar refractivity (Wildman–Crippen MR) is 60.0 cm³/mol. The Labute approximate surface area is 87.1 Å². The zero-order chi connectivity index (χ0) is 9.38. The molecule has 0 amide bonds. The van der Waals surface area contributed by atoms with E-state index in [0.717, 1.165) is 17.8 Å². The smallest absolute Gasteiger partial charge is 0.0162 e. The topological polar surface area (TPSA) is 0 Å². The minimum absolute atomic E-state index is 0.936. The highest BCUT2D eigenvalue weighted by molar-refractivity contribution is 5.27. The van der Waals surface area contributed by atoms with Gasteiger partial charge < -0.3 is 0 Å². The molecule has 0 spiro atoms. The monoisotopic (exact) mass is 188 g/mol. The summed E-state index contributed by atoms with van der Waals surface area (Å²) in [4.78, 5) is 0. The zero-order valence-corrected chi connectivity index (χ0v) is 8.91. The quantitative estimate of drug-likeness (QED) is 0.581. The molecule has 2 unspecified atom stereocenters. The third kappa shape index (κ3) is 1.36. The Balaban J connectivity index is 1.80. The van der Waals surface area contributed by atoms with E-state index in [1.54, 1.807) is 0 Å². The van der Waals surface area contributed by atoms with Gasteiger partial charge in [-0.25, -0.2) is 0 Å². The molecule has 2 atom stereocenters. The molecule has 3 aliphatic carbocycles. The largest absolute Gasteiger partial charge is 0.0839 e. The summed E-state index contributed by atoms with van der Waals surface area (Å²) in [7, 11) is 0. The van der Waals surface area contributed by atoms with E-state index in [4.69, 9.17) is 0 Å². The number of hydrogen-bond acceptors (Lipinski definition) is 0. The maximum Gasteiger partial charge on any atom is -0.0162 e. The number of rotatable bonds is 1. The highest BCUT2D eigenvalue weighted by atomic mass is 14.4. The van der Waals surface area contributed by atoms with Gasteiger partial charge in [0.05, 0.1) is 0 Å². The van der Waals surface area contributed by atoms with Crippen LogP contribution in [0.4, 0.5) is 0 Å². The Morgan fingerprint density at radius 1 is 1.00 bits per heavy atom. The van der Waals surface area contributed by atoms with Crippen LogP contribution in [-0.4, -0.2) is 0 Å². The van der Waals surface area contributed by atoms with Crippen LogP contribution in [0.1, 0.15) is 44.9 Å². The van der Waals surface area contributed by atoms with Gasteiger partial charge in [-0.3, -0.25) is 0 Å². The van der Waals surface area contributed by atoms with Crippen LogP contribution in [0.15, 0.2) is 23.8 Å². The molecule has 2 saturated carbocycles. The second-order valence-electron chi connectivity index (χ2n) is 5.26. The molecule has 0 heterocycles. The summed E-state index contributed by atoms with van der Waals surface area (Å²) in [5, 5.41) is 0. The number of allylic oxidation sites excluding steroid dienone is 4. The lowest BCUT2D eigenvalue weighted by atomic mass is 9.82. The molecule has 3 aliphatic rings. The Morgan fingerprint density at radius 2 is 1.86 bits per heavy atom. The first-order valence-corrected chi connectivity index (χ1v) is 6.32. The Morgan fingerprint density at radius 3 is 2.71 bits per heavy atom. The fraction of sp³-hybridized carbons (Fsp3) is 0.714. The third-order valence-electron chi connectivity index (χ3n) is 4.54. The maximum absolute atomic E-state index is 2.43. The van der Waals surface area contributed by atoms with Crippen molar-refractivity contribution in [2.45, 2.75) is 44.9 Å². The molecular formula is C14H20. The van der Waals surface area contributed by atoms with Crippen molar-refractivity contribution in [3.05, 3.63) is 23.8 Å². The molecule has 0 nitrogen and oxygen atoms in total. The highest BCUT2D eigenvalue weighted by Crippen LogP contribution is 2.48. The lowest BCUT2D eigenvalue weighted by Crippen LogP contribution is -2.12. The summed E-state index contributed by atoms with van der Waals surface area (Å²) in [5.74, 6) is 2.97. The first kappa shape index (κ1) is 8.76. The third-order valence-corrected chi connectivity index (χ3v) is 4.54. The van der Waals surface area contributed by atoms with E-state index in [-0.39, 0.29) is 0 Å². The van der Waals surface area contributed by atoms with E-state index in [2.05, 4.69) is 18.2 Å². The molecule has 76 valence electrons. The highest BCUT2D eigenvalue weighted by Gasteiger charge is 2.36. The molecule has 14 heavy (non-hydrogen) atoms. The van der Waals surface area contributed by atoms with Gasteiger partial charge in [0.25, 0.3) is 0 Å². The van der Waals surface area contributed by atoms with Gasteiger partial charge in [0.1, 0.15) is 0 Å². The van der Waals surface area contributed by atoms with Crippen molar-refractivity contribution in [2.24, 2.45) is 17.8 Å².